The molecule has 0 radical (unpaired) electrons. The molecule has 0 bridgehead atoms. The molecule has 1 saturated heterocycles. The molecule has 2 N–H and O–H groups in total. The number of aromatic nitrogens is 2. The number of nitrogen functional groups attached to an aromatic ring is 1. The Labute approximate surface area is 99.0 Å². The van der Waals surface area contributed by atoms with E-state index in [1.54, 1.807) is 17.1 Å². The molecular formula is C10H16N4OS. The van der Waals surface area contributed by atoms with E-state index in [2.05, 4.69) is 12.0 Å². The average molecular weight is 240 g/mol. The van der Waals surface area contributed by atoms with Crippen LogP contribution in [0.4, 0.5) is 5.69 Å². The normalized spacial score (nSPS) is 21.1. The zero-order valence-corrected chi connectivity index (χ0v) is 10.1. The number of nitrogens with two attached hydrogens (primary N) is 1. The summed E-state index contributed by atoms with van der Waals surface area (Å²) in [7, 11) is 0. The van der Waals surface area contributed by atoms with Gasteiger partial charge >= 0.3 is 0 Å². The zero-order chi connectivity index (χ0) is 11.5. The van der Waals surface area contributed by atoms with Crippen molar-refractivity contribution in [2.24, 2.45) is 0 Å². The Bertz CT molecular complexity index is 379. The summed E-state index contributed by atoms with van der Waals surface area (Å²) in [5.41, 5.74) is 6.14. The molecular weight excluding hydrogens is 224 g/mol. The Hall–Kier alpha value is -1.17. The third-order valence-electron chi connectivity index (χ3n) is 2.64. The van der Waals surface area contributed by atoms with Gasteiger partial charge in [0.15, 0.2) is 0 Å². The fraction of sp³-hybridized carbons (Fsp3) is 0.600. The lowest BCUT2D eigenvalue weighted by atomic mass is 10.3. The summed E-state index contributed by atoms with van der Waals surface area (Å²) in [6.07, 6.45) is 3.24. The maximum absolute atomic E-state index is 12.0. The highest BCUT2D eigenvalue weighted by atomic mass is 32.2. The first-order chi connectivity index (χ1) is 7.66. The summed E-state index contributed by atoms with van der Waals surface area (Å²) in [6.45, 7) is 3.20. The number of rotatable bonds is 2. The van der Waals surface area contributed by atoms with Gasteiger partial charge in [-0.15, -0.1) is 0 Å². The van der Waals surface area contributed by atoms with Crippen molar-refractivity contribution in [3.63, 3.8) is 0 Å². The first-order valence-electron chi connectivity index (χ1n) is 5.32. The minimum atomic E-state index is 0.121. The van der Waals surface area contributed by atoms with Gasteiger partial charge < -0.3 is 10.6 Å². The third-order valence-corrected chi connectivity index (χ3v) is 3.83. The number of carbonyl (C=O) groups is 1. The first kappa shape index (κ1) is 11.3. The molecule has 1 aromatic heterocycles. The van der Waals surface area contributed by atoms with E-state index in [9.17, 15) is 4.79 Å². The molecule has 88 valence electrons. The summed E-state index contributed by atoms with van der Waals surface area (Å²) < 4.78 is 1.59. The van der Waals surface area contributed by atoms with Gasteiger partial charge in [-0.25, -0.2) is 0 Å². The molecule has 1 aromatic rings. The van der Waals surface area contributed by atoms with Crippen LogP contribution in [0, 0.1) is 0 Å². The summed E-state index contributed by atoms with van der Waals surface area (Å²) in [6, 6.07) is 0.319. The molecule has 1 fully saturated rings. The van der Waals surface area contributed by atoms with Crippen molar-refractivity contribution in [2.75, 3.05) is 23.8 Å². The van der Waals surface area contributed by atoms with Crippen molar-refractivity contribution < 1.29 is 4.79 Å². The van der Waals surface area contributed by atoms with Crippen LogP contribution in [-0.2, 0) is 11.3 Å². The van der Waals surface area contributed by atoms with Gasteiger partial charge in [0, 0.05) is 30.3 Å². The molecule has 0 aromatic carbocycles. The van der Waals surface area contributed by atoms with E-state index >= 15 is 0 Å². The molecule has 0 aliphatic carbocycles. The van der Waals surface area contributed by atoms with Crippen molar-refractivity contribution >= 4 is 23.4 Å². The lowest BCUT2D eigenvalue weighted by molar-refractivity contribution is -0.133. The van der Waals surface area contributed by atoms with Gasteiger partial charge in [0.25, 0.3) is 0 Å². The van der Waals surface area contributed by atoms with Crippen molar-refractivity contribution in [3.05, 3.63) is 12.4 Å². The largest absolute Gasteiger partial charge is 0.396 e. The van der Waals surface area contributed by atoms with Crippen LogP contribution in [0.1, 0.15) is 6.92 Å². The second-order valence-corrected chi connectivity index (χ2v) is 5.13. The molecule has 1 aliphatic heterocycles. The molecule has 0 saturated carbocycles. The number of nitrogens with zero attached hydrogens (tertiary/aromatic N) is 3. The Morgan fingerprint density at radius 1 is 1.75 bits per heavy atom. The second kappa shape index (κ2) is 4.78. The Morgan fingerprint density at radius 3 is 3.19 bits per heavy atom. The number of amides is 1. The molecule has 0 spiro atoms. The smallest absolute Gasteiger partial charge is 0.244 e. The molecule has 6 heteroatoms. The van der Waals surface area contributed by atoms with E-state index in [1.165, 1.54) is 0 Å². The molecule has 1 unspecified atom stereocenters. The number of anilines is 1. The van der Waals surface area contributed by atoms with E-state index in [-0.39, 0.29) is 12.5 Å². The predicted octanol–water partition coefficient (Wildman–Crippen LogP) is 0.429. The van der Waals surface area contributed by atoms with Crippen LogP contribution in [0.25, 0.3) is 0 Å². The molecule has 1 aliphatic rings. The summed E-state index contributed by atoms with van der Waals surface area (Å²) in [5.74, 6) is 2.17. The van der Waals surface area contributed by atoms with Gasteiger partial charge in [0.1, 0.15) is 6.54 Å². The first-order valence-corrected chi connectivity index (χ1v) is 6.47. The predicted molar refractivity (Wildman–Crippen MR) is 65.1 cm³/mol. The lowest BCUT2D eigenvalue weighted by Gasteiger charge is -2.33. The SMILES string of the molecule is CC1CSCCN1C(=O)Cn1cc(N)cn1. The maximum atomic E-state index is 12.0. The van der Waals surface area contributed by atoms with E-state index < -0.39 is 0 Å². The van der Waals surface area contributed by atoms with Crippen LogP contribution in [0.5, 0.6) is 0 Å². The number of hydrogen-bond acceptors (Lipinski definition) is 4. The highest BCUT2D eigenvalue weighted by Crippen LogP contribution is 2.16. The minimum Gasteiger partial charge on any atom is -0.396 e. The van der Waals surface area contributed by atoms with Crippen LogP contribution in [0.3, 0.4) is 0 Å². The monoisotopic (exact) mass is 240 g/mol. The number of thioether (sulfide) groups is 1. The molecule has 2 heterocycles. The summed E-state index contributed by atoms with van der Waals surface area (Å²) in [4.78, 5) is 13.9. The Kier molecular flexibility index (Phi) is 3.38. The van der Waals surface area contributed by atoms with Crippen LogP contribution in [0.2, 0.25) is 0 Å². The van der Waals surface area contributed by atoms with Crippen LogP contribution >= 0.6 is 11.8 Å². The summed E-state index contributed by atoms with van der Waals surface area (Å²) in [5, 5.41) is 4.01. The molecule has 5 nitrogen and oxygen atoms in total. The average Bonchev–Trinajstić information content (AvgIpc) is 2.64. The standard InChI is InChI=1S/C10H16N4OS/c1-8-7-16-3-2-14(8)10(15)6-13-5-9(11)4-12-13/h4-5,8H,2-3,6-7,11H2,1H3. The Morgan fingerprint density at radius 2 is 2.56 bits per heavy atom. The van der Waals surface area contributed by atoms with Crippen molar-refractivity contribution in [3.8, 4) is 0 Å². The molecule has 1 atom stereocenters. The van der Waals surface area contributed by atoms with E-state index in [1.807, 2.05) is 16.7 Å². The van der Waals surface area contributed by atoms with Crippen molar-refractivity contribution in [1.82, 2.24) is 14.7 Å². The minimum absolute atomic E-state index is 0.121. The quantitative estimate of drug-likeness (QED) is 0.814. The second-order valence-electron chi connectivity index (χ2n) is 3.98. The van der Waals surface area contributed by atoms with Gasteiger partial charge in [0.2, 0.25) is 5.91 Å². The van der Waals surface area contributed by atoms with Gasteiger partial charge in [0.05, 0.1) is 11.9 Å². The lowest BCUT2D eigenvalue weighted by Crippen LogP contribution is -2.45. The van der Waals surface area contributed by atoms with E-state index in [4.69, 9.17) is 5.73 Å². The van der Waals surface area contributed by atoms with Crippen molar-refractivity contribution in [1.29, 1.82) is 0 Å². The van der Waals surface area contributed by atoms with Gasteiger partial charge in [-0.2, -0.15) is 16.9 Å². The maximum Gasteiger partial charge on any atom is 0.244 e. The molecule has 2 rings (SSSR count). The van der Waals surface area contributed by atoms with Crippen LogP contribution < -0.4 is 5.73 Å². The number of hydrogen-bond donors (Lipinski definition) is 1. The topological polar surface area (TPSA) is 64.2 Å². The Balaban J connectivity index is 1.96. The van der Waals surface area contributed by atoms with Gasteiger partial charge in [-0.3, -0.25) is 9.48 Å². The fourth-order valence-corrected chi connectivity index (χ4v) is 2.81. The van der Waals surface area contributed by atoms with E-state index in [0.717, 1.165) is 18.1 Å². The summed E-state index contributed by atoms with van der Waals surface area (Å²) >= 11 is 1.90. The van der Waals surface area contributed by atoms with Crippen LogP contribution in [0.15, 0.2) is 12.4 Å². The molecule has 16 heavy (non-hydrogen) atoms. The van der Waals surface area contributed by atoms with Crippen LogP contribution in [-0.4, -0.2) is 44.7 Å². The highest BCUT2D eigenvalue weighted by molar-refractivity contribution is 7.99. The fourth-order valence-electron chi connectivity index (χ4n) is 1.79. The van der Waals surface area contributed by atoms with E-state index in [0.29, 0.717) is 11.7 Å². The van der Waals surface area contributed by atoms with Gasteiger partial charge in [-0.1, -0.05) is 0 Å². The van der Waals surface area contributed by atoms with Crippen molar-refractivity contribution in [2.45, 2.75) is 19.5 Å². The highest BCUT2D eigenvalue weighted by Gasteiger charge is 2.23. The zero-order valence-electron chi connectivity index (χ0n) is 9.30. The van der Waals surface area contributed by atoms with Gasteiger partial charge in [-0.05, 0) is 6.92 Å². The third kappa shape index (κ3) is 2.49. The number of carbonyl (C=O) groups excluding carboxylic acids is 1. The molecule has 1 amide bonds.